The fourth-order valence-corrected chi connectivity index (χ4v) is 7.66. The van der Waals surface area contributed by atoms with Crippen LogP contribution in [0.2, 0.25) is 12.1 Å². The Kier molecular flexibility index (Phi) is 38.8. The maximum absolute atomic E-state index is 5.94. The van der Waals surface area contributed by atoms with Crippen LogP contribution >= 0.6 is 0 Å². The Balaban J connectivity index is 3.01. The summed E-state index contributed by atoms with van der Waals surface area (Å²) in [6.45, 7) is 4.61. The van der Waals surface area contributed by atoms with Crippen LogP contribution in [0, 0.1) is 0 Å². The van der Waals surface area contributed by atoms with Crippen molar-refractivity contribution < 1.29 is 4.12 Å². The van der Waals surface area contributed by atoms with Gasteiger partial charge in [-0.15, -0.1) is 0 Å². The highest BCUT2D eigenvalue weighted by molar-refractivity contribution is 6.42. The summed E-state index contributed by atoms with van der Waals surface area (Å²) in [5.74, 6) is 0. The van der Waals surface area contributed by atoms with Gasteiger partial charge in [0.2, 0.25) is 19.5 Å². The highest BCUT2D eigenvalue weighted by Gasteiger charge is 1.98. The lowest BCUT2D eigenvalue weighted by Gasteiger charge is -2.04. The molecule has 4 radical (unpaired) electrons. The SMILES string of the molecule is CCCCCCCCCCCCCCCCCC[Si]O[Si]CCCCCCCCCCCCCCCCCC. The molecule has 0 aliphatic carbocycles. The summed E-state index contributed by atoms with van der Waals surface area (Å²) in [5, 5.41) is 0. The van der Waals surface area contributed by atoms with Gasteiger partial charge in [-0.2, -0.15) is 0 Å². The first kappa shape index (κ1) is 39.4. The number of rotatable bonds is 36. The van der Waals surface area contributed by atoms with Crippen molar-refractivity contribution in [2.75, 3.05) is 0 Å². The fraction of sp³-hybridized carbons (Fsp3) is 1.00. The molecule has 0 bridgehead atoms. The minimum atomic E-state index is 0.766. The van der Waals surface area contributed by atoms with Crippen molar-refractivity contribution >= 4 is 19.5 Å². The van der Waals surface area contributed by atoms with Gasteiger partial charge in [0.05, 0.1) is 0 Å². The van der Waals surface area contributed by atoms with Crippen molar-refractivity contribution in [3.63, 3.8) is 0 Å². The molecule has 0 spiro atoms. The molecular formula is C36H74OSi2. The second-order valence-electron chi connectivity index (χ2n) is 12.5. The highest BCUT2D eigenvalue weighted by atomic mass is 28.3. The Morgan fingerprint density at radius 3 is 0.641 bits per heavy atom. The fourth-order valence-electron chi connectivity index (χ4n) is 5.64. The number of unbranched alkanes of at least 4 members (excludes halogenated alkanes) is 30. The van der Waals surface area contributed by atoms with E-state index in [-0.39, 0.29) is 0 Å². The van der Waals surface area contributed by atoms with Crippen LogP contribution < -0.4 is 0 Å². The average Bonchev–Trinajstić information content (AvgIpc) is 2.95. The Morgan fingerprint density at radius 1 is 0.256 bits per heavy atom. The molecule has 0 atom stereocenters. The van der Waals surface area contributed by atoms with Gasteiger partial charge in [0, 0.05) is 0 Å². The summed E-state index contributed by atoms with van der Waals surface area (Å²) in [7, 11) is 1.53. The van der Waals surface area contributed by atoms with Gasteiger partial charge in [0.25, 0.3) is 0 Å². The lowest BCUT2D eigenvalue weighted by atomic mass is 10.0. The molecule has 0 unspecified atom stereocenters. The van der Waals surface area contributed by atoms with Crippen molar-refractivity contribution in [3.05, 3.63) is 0 Å². The average molecular weight is 579 g/mol. The molecule has 1 nitrogen and oxygen atoms in total. The first-order chi connectivity index (χ1) is 19.4. The van der Waals surface area contributed by atoms with E-state index in [2.05, 4.69) is 13.8 Å². The van der Waals surface area contributed by atoms with Gasteiger partial charge in [-0.3, -0.25) is 0 Å². The summed E-state index contributed by atoms with van der Waals surface area (Å²) in [5.41, 5.74) is 0. The summed E-state index contributed by atoms with van der Waals surface area (Å²) in [6.07, 6.45) is 46.6. The lowest BCUT2D eigenvalue weighted by molar-refractivity contribution is 0.529. The molecular weight excluding hydrogens is 505 g/mol. The van der Waals surface area contributed by atoms with E-state index in [0.29, 0.717) is 0 Å². The summed E-state index contributed by atoms with van der Waals surface area (Å²) in [4.78, 5) is 0. The molecule has 0 saturated carbocycles. The maximum Gasteiger partial charge on any atom is 0.214 e. The topological polar surface area (TPSA) is 9.23 Å². The van der Waals surface area contributed by atoms with Crippen LogP contribution in [0.4, 0.5) is 0 Å². The maximum atomic E-state index is 5.94. The van der Waals surface area contributed by atoms with Gasteiger partial charge in [-0.05, 0) is 12.1 Å². The van der Waals surface area contributed by atoms with Crippen LogP contribution in [0.25, 0.3) is 0 Å². The van der Waals surface area contributed by atoms with Crippen molar-refractivity contribution in [2.24, 2.45) is 0 Å². The summed E-state index contributed by atoms with van der Waals surface area (Å²) in [6, 6.07) is 2.62. The lowest BCUT2D eigenvalue weighted by Crippen LogP contribution is -2.03. The smallest absolute Gasteiger partial charge is 0.214 e. The summed E-state index contributed by atoms with van der Waals surface area (Å²) < 4.78 is 5.94. The molecule has 0 aromatic heterocycles. The normalized spacial score (nSPS) is 11.5. The monoisotopic (exact) mass is 579 g/mol. The van der Waals surface area contributed by atoms with E-state index in [1.165, 1.54) is 218 Å². The second-order valence-corrected chi connectivity index (χ2v) is 14.9. The van der Waals surface area contributed by atoms with Crippen LogP contribution in [0.1, 0.15) is 219 Å². The second kappa shape index (κ2) is 38.4. The molecule has 0 heterocycles. The third-order valence-corrected chi connectivity index (χ3v) is 10.7. The van der Waals surface area contributed by atoms with E-state index in [1.807, 2.05) is 0 Å². The van der Waals surface area contributed by atoms with E-state index >= 15 is 0 Å². The quantitative estimate of drug-likeness (QED) is 0.0530. The van der Waals surface area contributed by atoms with E-state index in [4.69, 9.17) is 4.12 Å². The molecule has 3 heteroatoms. The zero-order valence-electron chi connectivity index (χ0n) is 27.4. The molecule has 0 aliphatic heterocycles. The minimum absolute atomic E-state index is 0.766. The zero-order chi connectivity index (χ0) is 28.2. The Morgan fingerprint density at radius 2 is 0.436 bits per heavy atom. The van der Waals surface area contributed by atoms with Crippen LogP contribution in [0.15, 0.2) is 0 Å². The predicted octanol–water partition coefficient (Wildman–Crippen LogP) is 13.6. The van der Waals surface area contributed by atoms with Crippen molar-refractivity contribution in [3.8, 4) is 0 Å². The van der Waals surface area contributed by atoms with Gasteiger partial charge in [-0.1, -0.05) is 219 Å². The predicted molar refractivity (Wildman–Crippen MR) is 181 cm³/mol. The molecule has 0 aromatic carbocycles. The number of hydrogen-bond donors (Lipinski definition) is 0. The van der Waals surface area contributed by atoms with E-state index < -0.39 is 0 Å². The van der Waals surface area contributed by atoms with Crippen LogP contribution in [0.3, 0.4) is 0 Å². The van der Waals surface area contributed by atoms with Crippen molar-refractivity contribution in [2.45, 2.75) is 231 Å². The number of hydrogen-bond acceptors (Lipinski definition) is 1. The molecule has 0 fully saturated rings. The van der Waals surface area contributed by atoms with E-state index in [9.17, 15) is 0 Å². The molecule has 0 rings (SSSR count). The molecule has 0 aromatic rings. The third kappa shape index (κ3) is 38.4. The first-order valence-electron chi connectivity index (χ1n) is 18.5. The molecule has 0 aliphatic rings. The van der Waals surface area contributed by atoms with Crippen molar-refractivity contribution in [1.29, 1.82) is 0 Å². The zero-order valence-corrected chi connectivity index (χ0v) is 29.4. The Hall–Kier alpha value is 0.394. The van der Waals surface area contributed by atoms with Gasteiger partial charge >= 0.3 is 0 Å². The van der Waals surface area contributed by atoms with Crippen LogP contribution in [-0.2, 0) is 4.12 Å². The van der Waals surface area contributed by atoms with Gasteiger partial charge in [0.1, 0.15) is 0 Å². The Bertz CT molecular complexity index is 368. The van der Waals surface area contributed by atoms with Gasteiger partial charge in [0.15, 0.2) is 0 Å². The first-order valence-corrected chi connectivity index (χ1v) is 20.8. The Labute approximate surface area is 254 Å². The minimum Gasteiger partial charge on any atom is -0.457 e. The molecule has 0 saturated heterocycles. The standard InChI is InChI=1S/C36H74OSi2/c1-3-5-7-9-11-13-15-17-19-21-23-25-27-29-31-33-35-38-37-39-36-34-32-30-28-26-24-22-20-18-16-14-12-10-8-6-4-2/h3-36H2,1-2H3. The van der Waals surface area contributed by atoms with Crippen molar-refractivity contribution in [1.82, 2.24) is 0 Å². The summed E-state index contributed by atoms with van der Waals surface area (Å²) >= 11 is 0. The van der Waals surface area contributed by atoms with Crippen LogP contribution in [-0.4, -0.2) is 19.5 Å². The van der Waals surface area contributed by atoms with E-state index in [1.54, 1.807) is 0 Å². The molecule has 232 valence electrons. The molecule has 0 N–H and O–H groups in total. The third-order valence-electron chi connectivity index (χ3n) is 8.41. The molecule has 39 heavy (non-hydrogen) atoms. The van der Waals surface area contributed by atoms with Crippen LogP contribution in [0.5, 0.6) is 0 Å². The largest absolute Gasteiger partial charge is 0.457 e. The van der Waals surface area contributed by atoms with Gasteiger partial charge < -0.3 is 4.12 Å². The van der Waals surface area contributed by atoms with Gasteiger partial charge in [-0.25, -0.2) is 0 Å². The highest BCUT2D eigenvalue weighted by Crippen LogP contribution is 2.15. The molecule has 0 amide bonds. The van der Waals surface area contributed by atoms with E-state index in [0.717, 1.165) is 19.5 Å².